The van der Waals surface area contributed by atoms with Gasteiger partial charge in [-0.3, -0.25) is 14.8 Å². The molecule has 11 heteroatoms. The van der Waals surface area contributed by atoms with Crippen molar-refractivity contribution in [3.05, 3.63) is 70.8 Å². The number of anilines is 2. The van der Waals surface area contributed by atoms with Gasteiger partial charge in [0.25, 0.3) is 15.9 Å². The first-order valence-electron chi connectivity index (χ1n) is 8.98. The zero-order chi connectivity index (χ0) is 22.6. The minimum atomic E-state index is -4.02. The summed E-state index contributed by atoms with van der Waals surface area (Å²) in [5.74, 6) is 0.158. The van der Waals surface area contributed by atoms with Gasteiger partial charge in [-0.1, -0.05) is 52.9 Å². The third-order valence-corrected chi connectivity index (χ3v) is 8.10. The number of thioether (sulfide) groups is 1. The first kappa shape index (κ1) is 23.3. The number of sulfonamides is 1. The van der Waals surface area contributed by atoms with E-state index in [1.807, 2.05) is 19.9 Å². The van der Waals surface area contributed by atoms with Crippen LogP contribution in [0.15, 0.2) is 58.3 Å². The van der Waals surface area contributed by atoms with Crippen LogP contribution in [0.4, 0.5) is 10.8 Å². The lowest BCUT2D eigenvalue weighted by atomic mass is 10.1. The largest absolute Gasteiger partial charge is 0.296 e. The molecule has 2 N–H and O–H groups in total. The summed E-state index contributed by atoms with van der Waals surface area (Å²) < 4.78 is 29.2. The van der Waals surface area contributed by atoms with Crippen molar-refractivity contribution in [2.24, 2.45) is 0 Å². The normalized spacial score (nSPS) is 11.2. The molecular weight excluding hydrogens is 476 g/mol. The fraction of sp³-hybridized carbons (Fsp3) is 0.150. The first-order valence-corrected chi connectivity index (χ1v) is 12.6. The molecule has 0 bridgehead atoms. The van der Waals surface area contributed by atoms with Gasteiger partial charge in [-0.25, -0.2) is 8.42 Å². The van der Waals surface area contributed by atoms with E-state index in [9.17, 15) is 13.2 Å². The van der Waals surface area contributed by atoms with Crippen LogP contribution in [0.5, 0.6) is 0 Å². The smallest absolute Gasteiger partial charge is 0.263 e. The number of hydrogen-bond acceptors (Lipinski definition) is 7. The highest BCUT2D eigenvalue weighted by Crippen LogP contribution is 2.29. The Morgan fingerprint density at radius 1 is 1.26 bits per heavy atom. The van der Waals surface area contributed by atoms with Crippen LogP contribution >= 0.6 is 34.7 Å². The summed E-state index contributed by atoms with van der Waals surface area (Å²) >= 11 is 8.82. The molecule has 31 heavy (non-hydrogen) atoms. The molecule has 0 aliphatic carbocycles. The number of nitrogens with one attached hydrogen (secondary N) is 2. The van der Waals surface area contributed by atoms with E-state index in [-0.39, 0.29) is 15.5 Å². The van der Waals surface area contributed by atoms with Gasteiger partial charge in [-0.15, -0.1) is 16.8 Å². The number of hydrogen-bond donors (Lipinski definition) is 2. The zero-order valence-electron chi connectivity index (χ0n) is 16.7. The second-order valence-electron chi connectivity index (χ2n) is 6.43. The van der Waals surface area contributed by atoms with E-state index in [4.69, 9.17) is 11.6 Å². The molecule has 1 heterocycles. The molecule has 0 fully saturated rings. The molecule has 0 unspecified atom stereocenters. The molecule has 2 aromatic carbocycles. The minimum Gasteiger partial charge on any atom is -0.296 e. The highest BCUT2D eigenvalue weighted by atomic mass is 35.5. The summed E-state index contributed by atoms with van der Waals surface area (Å²) in [6.07, 6.45) is 1.74. The molecule has 3 rings (SSSR count). The first-order chi connectivity index (χ1) is 14.7. The second-order valence-corrected chi connectivity index (χ2v) is 10.7. The highest BCUT2D eigenvalue weighted by molar-refractivity contribution is 8.01. The number of rotatable bonds is 8. The van der Waals surface area contributed by atoms with Crippen LogP contribution < -0.4 is 10.0 Å². The summed E-state index contributed by atoms with van der Waals surface area (Å²) in [4.78, 5) is 12.4. The zero-order valence-corrected chi connectivity index (χ0v) is 19.9. The Hall–Kier alpha value is -2.40. The van der Waals surface area contributed by atoms with Gasteiger partial charge in [-0.05, 0) is 49.2 Å². The molecule has 0 aliphatic rings. The van der Waals surface area contributed by atoms with Gasteiger partial charge in [0.2, 0.25) is 5.13 Å². The fourth-order valence-electron chi connectivity index (χ4n) is 2.53. The Balaban J connectivity index is 1.83. The summed E-state index contributed by atoms with van der Waals surface area (Å²) in [5, 5.41) is 10.8. The lowest BCUT2D eigenvalue weighted by Gasteiger charge is -2.13. The number of nitrogens with zero attached hydrogens (tertiary/aromatic N) is 2. The van der Waals surface area contributed by atoms with Crippen molar-refractivity contribution in [3.8, 4) is 0 Å². The summed E-state index contributed by atoms with van der Waals surface area (Å²) in [6.45, 7) is 7.35. The average molecular weight is 495 g/mol. The molecule has 1 aromatic heterocycles. The van der Waals surface area contributed by atoms with Gasteiger partial charge in [0.1, 0.15) is 4.90 Å². The number of amides is 1. The molecule has 0 saturated heterocycles. The minimum absolute atomic E-state index is 0.00776. The van der Waals surface area contributed by atoms with E-state index in [1.165, 1.54) is 41.3 Å². The van der Waals surface area contributed by atoms with Crippen LogP contribution in [0.1, 0.15) is 21.5 Å². The van der Waals surface area contributed by atoms with Crippen molar-refractivity contribution in [3.63, 3.8) is 0 Å². The van der Waals surface area contributed by atoms with E-state index in [0.717, 1.165) is 11.1 Å². The number of carbonyl (C=O) groups excluding carboxylic acids is 1. The number of aromatic nitrogens is 2. The van der Waals surface area contributed by atoms with Crippen molar-refractivity contribution in [1.82, 2.24) is 10.2 Å². The van der Waals surface area contributed by atoms with Gasteiger partial charge < -0.3 is 0 Å². The summed E-state index contributed by atoms with van der Waals surface area (Å²) in [5.41, 5.74) is 2.32. The van der Waals surface area contributed by atoms with Gasteiger partial charge in [0.15, 0.2) is 4.34 Å². The van der Waals surface area contributed by atoms with Crippen LogP contribution in [-0.4, -0.2) is 30.3 Å². The molecule has 162 valence electrons. The van der Waals surface area contributed by atoms with Crippen LogP contribution in [0, 0.1) is 13.8 Å². The van der Waals surface area contributed by atoms with E-state index < -0.39 is 15.9 Å². The molecule has 3 aromatic rings. The molecule has 0 aliphatic heterocycles. The topological polar surface area (TPSA) is 101 Å². The highest BCUT2D eigenvalue weighted by Gasteiger charge is 2.22. The maximum absolute atomic E-state index is 13.0. The van der Waals surface area contributed by atoms with Crippen LogP contribution in [0.3, 0.4) is 0 Å². The monoisotopic (exact) mass is 494 g/mol. The molecule has 0 saturated carbocycles. The molecule has 0 spiro atoms. The van der Waals surface area contributed by atoms with Crippen LogP contribution in [0.25, 0.3) is 0 Å². The summed E-state index contributed by atoms with van der Waals surface area (Å²) in [6, 6.07) is 9.37. The van der Waals surface area contributed by atoms with E-state index >= 15 is 0 Å². The maximum Gasteiger partial charge on any atom is 0.263 e. The van der Waals surface area contributed by atoms with Gasteiger partial charge in [0.05, 0.1) is 10.7 Å². The van der Waals surface area contributed by atoms with E-state index in [0.29, 0.717) is 20.9 Å². The fourth-order valence-corrected chi connectivity index (χ4v) is 5.69. The SMILES string of the molecule is C=CCSc1nnc(NC(=O)c2ccc(Cl)c(S(=O)(=O)Nc3cccc(C)c3C)c2)s1. The van der Waals surface area contributed by atoms with Crippen LogP contribution in [0.2, 0.25) is 5.02 Å². The molecule has 0 radical (unpaired) electrons. The van der Waals surface area contributed by atoms with Crippen molar-refractivity contribution in [1.29, 1.82) is 0 Å². The number of aryl methyl sites for hydroxylation is 1. The van der Waals surface area contributed by atoms with Crippen molar-refractivity contribution < 1.29 is 13.2 Å². The predicted octanol–water partition coefficient (Wildman–Crippen LogP) is 5.14. The maximum atomic E-state index is 13.0. The number of halogens is 1. The Labute approximate surface area is 194 Å². The Kier molecular flexibility index (Phi) is 7.37. The van der Waals surface area contributed by atoms with Gasteiger partial charge >= 0.3 is 0 Å². The van der Waals surface area contributed by atoms with E-state index in [2.05, 4.69) is 26.8 Å². The Morgan fingerprint density at radius 3 is 2.77 bits per heavy atom. The Morgan fingerprint density at radius 2 is 2.03 bits per heavy atom. The predicted molar refractivity (Wildman–Crippen MR) is 127 cm³/mol. The lowest BCUT2D eigenvalue weighted by Crippen LogP contribution is -2.17. The van der Waals surface area contributed by atoms with Crippen molar-refractivity contribution >= 4 is 61.4 Å². The van der Waals surface area contributed by atoms with Gasteiger partial charge in [0, 0.05) is 11.3 Å². The average Bonchev–Trinajstić information content (AvgIpc) is 3.17. The third kappa shape index (κ3) is 5.65. The lowest BCUT2D eigenvalue weighted by molar-refractivity contribution is 0.102. The Bertz CT molecular complexity index is 1240. The van der Waals surface area contributed by atoms with Gasteiger partial charge in [-0.2, -0.15) is 0 Å². The molecular formula is C20H19ClN4O3S3. The molecule has 1 amide bonds. The molecule has 7 nitrogen and oxygen atoms in total. The van der Waals surface area contributed by atoms with Crippen molar-refractivity contribution in [2.75, 3.05) is 15.8 Å². The number of benzene rings is 2. The second kappa shape index (κ2) is 9.82. The number of carbonyl (C=O) groups is 1. The molecule has 0 atom stereocenters. The van der Waals surface area contributed by atoms with E-state index in [1.54, 1.807) is 18.2 Å². The quantitative estimate of drug-likeness (QED) is 0.255. The van der Waals surface area contributed by atoms with Crippen molar-refractivity contribution in [2.45, 2.75) is 23.1 Å². The summed E-state index contributed by atoms with van der Waals surface area (Å²) in [7, 11) is -4.02. The van der Waals surface area contributed by atoms with Crippen LogP contribution in [-0.2, 0) is 10.0 Å². The third-order valence-electron chi connectivity index (χ3n) is 4.28. The standard InChI is InChI=1S/C20H19ClN4O3S3/c1-4-10-29-20-24-23-19(30-20)22-18(26)14-8-9-15(21)17(11-14)31(27,28)25-16-7-5-6-12(2)13(16)3/h4-9,11,25H,1,10H2,2-3H3,(H,22,23,26).